The molecule has 1 aliphatic rings. The van der Waals surface area contributed by atoms with Crippen molar-refractivity contribution in [2.45, 2.75) is 63.7 Å². The summed E-state index contributed by atoms with van der Waals surface area (Å²) in [7, 11) is 0. The second-order valence-electron chi connectivity index (χ2n) is 6.79. The number of fused-ring (bicyclic) bond motifs is 1. The van der Waals surface area contributed by atoms with Crippen molar-refractivity contribution in [1.82, 2.24) is 14.9 Å². The maximum absolute atomic E-state index is 12.3. The van der Waals surface area contributed by atoms with Crippen LogP contribution >= 0.6 is 11.8 Å². The van der Waals surface area contributed by atoms with Crippen molar-refractivity contribution < 1.29 is 4.79 Å². The average Bonchev–Trinajstić information content (AvgIpc) is 2.70. The minimum absolute atomic E-state index is 0.0270. The van der Waals surface area contributed by atoms with Crippen LogP contribution in [0.15, 0.2) is 16.0 Å². The standard InChI is InChI=1S/C15H23N3O2S/c1-9(2)11-7-13(20)18-10(8-21-14(18)16-11)6-12(19)17-15(3,4)5/h7,9-10H,6,8H2,1-5H3,(H,17,19). The third-order valence-electron chi connectivity index (χ3n) is 3.24. The lowest BCUT2D eigenvalue weighted by molar-refractivity contribution is -0.123. The minimum atomic E-state index is -0.254. The monoisotopic (exact) mass is 309 g/mol. The number of nitrogens with one attached hydrogen (secondary N) is 1. The Morgan fingerprint density at radius 1 is 1.52 bits per heavy atom. The zero-order valence-electron chi connectivity index (χ0n) is 13.3. The molecule has 21 heavy (non-hydrogen) atoms. The van der Waals surface area contributed by atoms with Gasteiger partial charge in [0, 0.05) is 23.8 Å². The topological polar surface area (TPSA) is 64.0 Å². The molecular weight excluding hydrogens is 286 g/mol. The van der Waals surface area contributed by atoms with Crippen molar-refractivity contribution in [3.05, 3.63) is 22.1 Å². The van der Waals surface area contributed by atoms with Crippen LogP contribution < -0.4 is 10.9 Å². The zero-order chi connectivity index (χ0) is 15.8. The number of carbonyl (C=O) groups excluding carboxylic acids is 1. The maximum atomic E-state index is 12.3. The second kappa shape index (κ2) is 5.83. The van der Waals surface area contributed by atoms with Crippen LogP contribution in [0, 0.1) is 0 Å². The summed E-state index contributed by atoms with van der Waals surface area (Å²) in [5.74, 6) is 0.926. The molecule has 1 aliphatic heterocycles. The van der Waals surface area contributed by atoms with Crippen molar-refractivity contribution >= 4 is 17.7 Å². The number of rotatable bonds is 3. The lowest BCUT2D eigenvalue weighted by atomic mass is 10.1. The van der Waals surface area contributed by atoms with Gasteiger partial charge in [0.25, 0.3) is 5.56 Å². The molecule has 2 rings (SSSR count). The Morgan fingerprint density at radius 3 is 2.76 bits per heavy atom. The van der Waals surface area contributed by atoms with E-state index in [1.165, 1.54) is 0 Å². The van der Waals surface area contributed by atoms with Gasteiger partial charge >= 0.3 is 0 Å². The van der Waals surface area contributed by atoms with Gasteiger partial charge in [-0.05, 0) is 26.7 Å². The van der Waals surface area contributed by atoms with Gasteiger partial charge in [-0.15, -0.1) is 0 Å². The molecule has 0 aromatic carbocycles. The van der Waals surface area contributed by atoms with E-state index in [4.69, 9.17) is 0 Å². The molecule has 1 amide bonds. The van der Waals surface area contributed by atoms with E-state index in [1.807, 2.05) is 34.6 Å². The van der Waals surface area contributed by atoms with Crippen LogP contribution in [0.2, 0.25) is 0 Å². The van der Waals surface area contributed by atoms with E-state index < -0.39 is 0 Å². The first-order valence-electron chi connectivity index (χ1n) is 7.24. The highest BCUT2D eigenvalue weighted by Crippen LogP contribution is 2.32. The summed E-state index contributed by atoms with van der Waals surface area (Å²) < 4.78 is 1.67. The molecule has 1 unspecified atom stereocenters. The summed E-state index contributed by atoms with van der Waals surface area (Å²) in [5, 5.41) is 3.68. The quantitative estimate of drug-likeness (QED) is 0.870. The highest BCUT2D eigenvalue weighted by Gasteiger charge is 2.28. The maximum Gasteiger partial charge on any atom is 0.254 e. The predicted molar refractivity (Wildman–Crippen MR) is 84.9 cm³/mol. The van der Waals surface area contributed by atoms with Crippen LogP contribution in [0.4, 0.5) is 0 Å². The molecule has 1 aromatic heterocycles. The smallest absolute Gasteiger partial charge is 0.254 e. The molecule has 0 fully saturated rings. The van der Waals surface area contributed by atoms with Crippen LogP contribution in [0.1, 0.15) is 58.7 Å². The molecule has 0 aliphatic carbocycles. The summed E-state index contributed by atoms with van der Waals surface area (Å²) in [4.78, 5) is 28.9. The van der Waals surface area contributed by atoms with Crippen LogP contribution in [0.5, 0.6) is 0 Å². The third-order valence-corrected chi connectivity index (χ3v) is 4.33. The number of thioether (sulfide) groups is 1. The highest BCUT2D eigenvalue weighted by molar-refractivity contribution is 7.99. The molecule has 6 heteroatoms. The Bertz CT molecular complexity index is 602. The van der Waals surface area contributed by atoms with E-state index in [9.17, 15) is 9.59 Å². The van der Waals surface area contributed by atoms with Crippen molar-refractivity contribution in [1.29, 1.82) is 0 Å². The molecule has 0 spiro atoms. The lowest BCUT2D eigenvalue weighted by Gasteiger charge is -2.22. The zero-order valence-corrected chi connectivity index (χ0v) is 14.1. The Kier molecular flexibility index (Phi) is 4.46. The van der Waals surface area contributed by atoms with E-state index in [1.54, 1.807) is 22.4 Å². The van der Waals surface area contributed by atoms with Crippen molar-refractivity contribution in [3.8, 4) is 0 Å². The largest absolute Gasteiger partial charge is 0.351 e. The molecule has 2 heterocycles. The Balaban J connectivity index is 2.19. The molecule has 1 aromatic rings. The van der Waals surface area contributed by atoms with E-state index in [2.05, 4.69) is 10.3 Å². The fourth-order valence-corrected chi connectivity index (χ4v) is 3.46. The molecule has 5 nitrogen and oxygen atoms in total. The minimum Gasteiger partial charge on any atom is -0.351 e. The predicted octanol–water partition coefficient (Wildman–Crippen LogP) is 2.32. The SMILES string of the molecule is CC(C)c1cc(=O)n2c(n1)SCC2CC(=O)NC(C)(C)C. The van der Waals surface area contributed by atoms with E-state index in [0.717, 1.165) is 16.6 Å². The number of hydrogen-bond acceptors (Lipinski definition) is 4. The summed E-state index contributed by atoms with van der Waals surface area (Å²) in [6.07, 6.45) is 0.319. The third kappa shape index (κ3) is 3.87. The summed E-state index contributed by atoms with van der Waals surface area (Å²) in [5.41, 5.74) is 0.511. The number of amides is 1. The first-order chi connectivity index (χ1) is 9.67. The normalized spacial score (nSPS) is 17.9. The highest BCUT2D eigenvalue weighted by atomic mass is 32.2. The van der Waals surface area contributed by atoms with E-state index >= 15 is 0 Å². The molecule has 1 N–H and O–H groups in total. The summed E-state index contributed by atoms with van der Waals surface area (Å²) in [6.45, 7) is 9.89. The fraction of sp³-hybridized carbons (Fsp3) is 0.667. The average molecular weight is 309 g/mol. The van der Waals surface area contributed by atoms with Gasteiger partial charge in [-0.25, -0.2) is 4.98 Å². The van der Waals surface area contributed by atoms with Gasteiger partial charge in [-0.2, -0.15) is 0 Å². The summed E-state index contributed by atoms with van der Waals surface area (Å²) >= 11 is 1.55. The van der Waals surface area contributed by atoms with Gasteiger partial charge in [0.15, 0.2) is 5.16 Å². The van der Waals surface area contributed by atoms with Gasteiger partial charge in [0.1, 0.15) is 0 Å². The van der Waals surface area contributed by atoms with Gasteiger partial charge in [-0.3, -0.25) is 14.2 Å². The first-order valence-corrected chi connectivity index (χ1v) is 8.23. The van der Waals surface area contributed by atoms with Gasteiger partial charge in [0.05, 0.1) is 11.7 Å². The molecule has 0 saturated carbocycles. The molecule has 1 atom stereocenters. The van der Waals surface area contributed by atoms with Gasteiger partial charge < -0.3 is 5.32 Å². The van der Waals surface area contributed by atoms with Crippen LogP contribution in [-0.4, -0.2) is 26.8 Å². The van der Waals surface area contributed by atoms with E-state index in [0.29, 0.717) is 6.42 Å². The van der Waals surface area contributed by atoms with Crippen LogP contribution in [0.25, 0.3) is 0 Å². The van der Waals surface area contributed by atoms with Gasteiger partial charge in [-0.1, -0.05) is 25.6 Å². The Labute approximate surface area is 129 Å². The molecule has 0 saturated heterocycles. The number of carbonyl (C=O) groups is 1. The van der Waals surface area contributed by atoms with Gasteiger partial charge in [0.2, 0.25) is 5.91 Å². The Morgan fingerprint density at radius 2 is 2.19 bits per heavy atom. The molecule has 0 radical (unpaired) electrons. The number of hydrogen-bond donors (Lipinski definition) is 1. The molecular formula is C15H23N3O2S. The van der Waals surface area contributed by atoms with Crippen LogP contribution in [-0.2, 0) is 4.79 Å². The molecule has 0 bridgehead atoms. The van der Waals surface area contributed by atoms with Crippen molar-refractivity contribution in [2.24, 2.45) is 0 Å². The second-order valence-corrected chi connectivity index (χ2v) is 7.78. The van der Waals surface area contributed by atoms with Crippen molar-refractivity contribution in [3.63, 3.8) is 0 Å². The number of aromatic nitrogens is 2. The first kappa shape index (κ1) is 16.1. The van der Waals surface area contributed by atoms with E-state index in [-0.39, 0.29) is 29.0 Å². The van der Waals surface area contributed by atoms with Crippen molar-refractivity contribution in [2.75, 3.05) is 5.75 Å². The molecule has 116 valence electrons. The number of nitrogens with zero attached hydrogens (tertiary/aromatic N) is 2. The Hall–Kier alpha value is -1.30. The van der Waals surface area contributed by atoms with Crippen LogP contribution in [0.3, 0.4) is 0 Å². The summed E-state index contributed by atoms with van der Waals surface area (Å²) in [6, 6.07) is 1.49. The lowest BCUT2D eigenvalue weighted by Crippen LogP contribution is -2.42. The fourth-order valence-electron chi connectivity index (χ4n) is 2.30.